The highest BCUT2D eigenvalue weighted by Gasteiger charge is 2.34. The van der Waals surface area contributed by atoms with E-state index in [0.29, 0.717) is 24.6 Å². The summed E-state index contributed by atoms with van der Waals surface area (Å²) in [6, 6.07) is 7.82. The molecule has 0 aliphatic carbocycles. The van der Waals surface area contributed by atoms with Crippen LogP contribution in [-0.4, -0.2) is 28.6 Å². The molecule has 5 heteroatoms. The predicted octanol–water partition coefficient (Wildman–Crippen LogP) is 2.12. The molecule has 1 aromatic carbocycles. The standard InChI is InChI=1S/C15H18N2O3/c1-3-17-14(13(19-2)8-16-17)15(18)11-9-20-12-7-5-4-6-10(11)12/h4-8,11,15,18H,3,9H2,1-2H3. The van der Waals surface area contributed by atoms with Crippen LogP contribution >= 0.6 is 0 Å². The Kier molecular flexibility index (Phi) is 3.36. The number of benzene rings is 1. The third kappa shape index (κ3) is 1.94. The molecule has 106 valence electrons. The monoisotopic (exact) mass is 274 g/mol. The van der Waals surface area contributed by atoms with Crippen LogP contribution in [0.2, 0.25) is 0 Å². The topological polar surface area (TPSA) is 56.5 Å². The second-order valence-electron chi connectivity index (χ2n) is 4.81. The number of ether oxygens (including phenoxy) is 2. The van der Waals surface area contributed by atoms with Gasteiger partial charge in [0.25, 0.3) is 0 Å². The van der Waals surface area contributed by atoms with Gasteiger partial charge in [0.05, 0.1) is 25.8 Å². The molecule has 3 rings (SSSR count). The summed E-state index contributed by atoms with van der Waals surface area (Å²) >= 11 is 0. The fourth-order valence-electron chi connectivity index (χ4n) is 2.72. The predicted molar refractivity (Wildman–Crippen MR) is 74.1 cm³/mol. The van der Waals surface area contributed by atoms with Crippen LogP contribution in [0.5, 0.6) is 11.5 Å². The van der Waals surface area contributed by atoms with Crippen LogP contribution in [0.1, 0.15) is 30.2 Å². The van der Waals surface area contributed by atoms with Crippen molar-refractivity contribution in [2.75, 3.05) is 13.7 Å². The number of methoxy groups -OCH3 is 1. The first-order valence-corrected chi connectivity index (χ1v) is 6.75. The first-order valence-electron chi connectivity index (χ1n) is 6.75. The minimum Gasteiger partial charge on any atom is -0.493 e. The molecule has 5 nitrogen and oxygen atoms in total. The molecule has 0 radical (unpaired) electrons. The lowest BCUT2D eigenvalue weighted by molar-refractivity contribution is 0.118. The quantitative estimate of drug-likeness (QED) is 0.928. The largest absolute Gasteiger partial charge is 0.493 e. The SMILES string of the molecule is CCn1ncc(OC)c1C(O)C1COc2ccccc21. The third-order valence-electron chi connectivity index (χ3n) is 3.76. The number of para-hydroxylation sites is 1. The Balaban J connectivity index is 1.98. The molecule has 2 atom stereocenters. The first-order chi connectivity index (χ1) is 9.76. The van der Waals surface area contributed by atoms with Gasteiger partial charge >= 0.3 is 0 Å². The molecule has 1 aliphatic rings. The van der Waals surface area contributed by atoms with Crippen LogP contribution in [-0.2, 0) is 6.54 Å². The van der Waals surface area contributed by atoms with E-state index in [2.05, 4.69) is 5.10 Å². The minimum absolute atomic E-state index is 0.0953. The van der Waals surface area contributed by atoms with Crippen LogP contribution in [0.3, 0.4) is 0 Å². The van der Waals surface area contributed by atoms with Crippen molar-refractivity contribution in [1.29, 1.82) is 0 Å². The minimum atomic E-state index is -0.698. The molecule has 0 fully saturated rings. The van der Waals surface area contributed by atoms with E-state index in [9.17, 15) is 5.11 Å². The summed E-state index contributed by atoms with van der Waals surface area (Å²) < 4.78 is 12.7. The summed E-state index contributed by atoms with van der Waals surface area (Å²) in [5.74, 6) is 1.36. The summed E-state index contributed by atoms with van der Waals surface area (Å²) in [6.45, 7) is 3.14. The summed E-state index contributed by atoms with van der Waals surface area (Å²) in [7, 11) is 1.59. The molecule has 0 saturated heterocycles. The molecule has 1 N–H and O–H groups in total. The van der Waals surface area contributed by atoms with Gasteiger partial charge in [0.1, 0.15) is 17.5 Å². The van der Waals surface area contributed by atoms with Crippen molar-refractivity contribution >= 4 is 0 Å². The van der Waals surface area contributed by atoms with Crippen LogP contribution in [0.25, 0.3) is 0 Å². The Morgan fingerprint density at radius 3 is 3.05 bits per heavy atom. The Morgan fingerprint density at radius 1 is 1.50 bits per heavy atom. The fraction of sp³-hybridized carbons (Fsp3) is 0.400. The van der Waals surface area contributed by atoms with Crippen molar-refractivity contribution in [2.45, 2.75) is 25.5 Å². The van der Waals surface area contributed by atoms with Crippen LogP contribution in [0.4, 0.5) is 0 Å². The Hall–Kier alpha value is -2.01. The van der Waals surface area contributed by atoms with E-state index < -0.39 is 6.10 Å². The Bertz CT molecular complexity index is 587. The lowest BCUT2D eigenvalue weighted by Gasteiger charge is -2.19. The summed E-state index contributed by atoms with van der Waals surface area (Å²) in [5.41, 5.74) is 1.74. The van der Waals surface area contributed by atoms with Crippen molar-refractivity contribution in [2.24, 2.45) is 0 Å². The Morgan fingerprint density at radius 2 is 2.30 bits per heavy atom. The number of hydrogen-bond donors (Lipinski definition) is 1. The van der Waals surface area contributed by atoms with E-state index in [1.807, 2.05) is 31.2 Å². The van der Waals surface area contributed by atoms with Gasteiger partial charge in [-0.1, -0.05) is 18.2 Å². The van der Waals surface area contributed by atoms with Gasteiger partial charge in [0.2, 0.25) is 0 Å². The van der Waals surface area contributed by atoms with Crippen LogP contribution < -0.4 is 9.47 Å². The van der Waals surface area contributed by atoms with E-state index >= 15 is 0 Å². The highest BCUT2D eigenvalue weighted by Crippen LogP contribution is 2.43. The lowest BCUT2D eigenvalue weighted by atomic mass is 9.93. The van der Waals surface area contributed by atoms with Crippen molar-refractivity contribution < 1.29 is 14.6 Å². The smallest absolute Gasteiger partial charge is 0.162 e. The van der Waals surface area contributed by atoms with E-state index in [4.69, 9.17) is 9.47 Å². The van der Waals surface area contributed by atoms with Gasteiger partial charge in [-0.3, -0.25) is 4.68 Å². The molecule has 20 heavy (non-hydrogen) atoms. The number of aromatic nitrogens is 2. The van der Waals surface area contributed by atoms with Gasteiger partial charge in [-0.15, -0.1) is 0 Å². The average Bonchev–Trinajstić information content (AvgIpc) is 3.10. The van der Waals surface area contributed by atoms with Gasteiger partial charge in [-0.25, -0.2) is 0 Å². The van der Waals surface area contributed by atoms with Gasteiger partial charge < -0.3 is 14.6 Å². The molecule has 2 heterocycles. The van der Waals surface area contributed by atoms with Gasteiger partial charge in [-0.05, 0) is 13.0 Å². The van der Waals surface area contributed by atoms with Crippen molar-refractivity contribution in [3.05, 3.63) is 41.7 Å². The molecule has 1 aromatic heterocycles. The molecule has 0 spiro atoms. The number of nitrogens with zero attached hydrogens (tertiary/aromatic N) is 2. The van der Waals surface area contributed by atoms with E-state index in [0.717, 1.165) is 11.3 Å². The molecular weight excluding hydrogens is 256 g/mol. The number of aliphatic hydroxyl groups is 1. The van der Waals surface area contributed by atoms with Crippen LogP contribution in [0.15, 0.2) is 30.5 Å². The summed E-state index contributed by atoms with van der Waals surface area (Å²) in [4.78, 5) is 0. The Labute approximate surface area is 117 Å². The molecule has 2 aromatic rings. The molecule has 0 amide bonds. The zero-order chi connectivity index (χ0) is 14.1. The first kappa shape index (κ1) is 13.0. The van der Waals surface area contributed by atoms with Crippen molar-refractivity contribution in [1.82, 2.24) is 9.78 Å². The lowest BCUT2D eigenvalue weighted by Crippen LogP contribution is -2.17. The fourth-order valence-corrected chi connectivity index (χ4v) is 2.72. The number of aliphatic hydroxyl groups excluding tert-OH is 1. The highest BCUT2D eigenvalue weighted by molar-refractivity contribution is 5.42. The maximum absolute atomic E-state index is 10.8. The zero-order valence-electron chi connectivity index (χ0n) is 11.6. The van der Waals surface area contributed by atoms with Crippen LogP contribution in [0, 0.1) is 0 Å². The van der Waals surface area contributed by atoms with E-state index in [-0.39, 0.29) is 5.92 Å². The van der Waals surface area contributed by atoms with E-state index in [1.54, 1.807) is 18.0 Å². The summed E-state index contributed by atoms with van der Waals surface area (Å²) in [5, 5.41) is 15.0. The summed E-state index contributed by atoms with van der Waals surface area (Å²) in [6.07, 6.45) is 0.945. The molecule has 0 bridgehead atoms. The number of fused-ring (bicyclic) bond motifs is 1. The van der Waals surface area contributed by atoms with E-state index in [1.165, 1.54) is 0 Å². The highest BCUT2D eigenvalue weighted by atomic mass is 16.5. The molecule has 1 aliphatic heterocycles. The van der Waals surface area contributed by atoms with Gasteiger partial charge in [0, 0.05) is 12.1 Å². The number of rotatable bonds is 4. The number of hydrogen-bond acceptors (Lipinski definition) is 4. The third-order valence-corrected chi connectivity index (χ3v) is 3.76. The molecular formula is C15H18N2O3. The maximum Gasteiger partial charge on any atom is 0.162 e. The normalized spacial score (nSPS) is 18.4. The van der Waals surface area contributed by atoms with Gasteiger partial charge in [-0.2, -0.15) is 5.10 Å². The number of aryl methyl sites for hydroxylation is 1. The molecule has 0 saturated carbocycles. The van der Waals surface area contributed by atoms with Crippen molar-refractivity contribution in [3.8, 4) is 11.5 Å². The maximum atomic E-state index is 10.8. The van der Waals surface area contributed by atoms with Gasteiger partial charge in [0.15, 0.2) is 5.75 Å². The average molecular weight is 274 g/mol. The second kappa shape index (κ2) is 5.17. The molecule has 2 unspecified atom stereocenters. The zero-order valence-corrected chi connectivity index (χ0v) is 11.6. The second-order valence-corrected chi connectivity index (χ2v) is 4.81. The van der Waals surface area contributed by atoms with Crippen molar-refractivity contribution in [3.63, 3.8) is 0 Å².